The van der Waals surface area contributed by atoms with Crippen LogP contribution in [0.25, 0.3) is 11.4 Å². The molecule has 0 spiro atoms. The van der Waals surface area contributed by atoms with Crippen molar-refractivity contribution in [2.75, 3.05) is 13.1 Å². The number of carbonyl (C=O) groups is 2. The summed E-state index contributed by atoms with van der Waals surface area (Å²) in [6.07, 6.45) is 25.2. The molecule has 2 aliphatic rings. The van der Waals surface area contributed by atoms with Crippen molar-refractivity contribution in [1.29, 1.82) is 0 Å². The van der Waals surface area contributed by atoms with Gasteiger partial charge in [0.2, 0.25) is 0 Å². The highest BCUT2D eigenvalue weighted by atomic mass is 79.9. The third kappa shape index (κ3) is 10.2. The van der Waals surface area contributed by atoms with Gasteiger partial charge in [0.05, 0.1) is 36.1 Å². The summed E-state index contributed by atoms with van der Waals surface area (Å²) in [7, 11) is 0. The number of unbranched alkanes of at least 4 members (excludes halogenated alkanes) is 18. The van der Waals surface area contributed by atoms with Gasteiger partial charge in [-0.1, -0.05) is 129 Å². The normalized spacial score (nSPS) is 15.0. The number of aryl methyl sites for hydroxylation is 1. The molecule has 0 aromatic carbocycles. The summed E-state index contributed by atoms with van der Waals surface area (Å²) in [5.74, 6) is 0.0100. The summed E-state index contributed by atoms with van der Waals surface area (Å²) < 4.78 is 1.01. The van der Waals surface area contributed by atoms with E-state index in [2.05, 4.69) is 54.9 Å². The van der Waals surface area contributed by atoms with E-state index in [1.54, 1.807) is 22.7 Å². The zero-order chi connectivity index (χ0) is 32.7. The van der Waals surface area contributed by atoms with Crippen LogP contribution in [0.2, 0.25) is 0 Å². The first-order valence-electron chi connectivity index (χ1n) is 18.4. The van der Waals surface area contributed by atoms with Gasteiger partial charge < -0.3 is 9.80 Å². The molecule has 0 unspecified atom stereocenters. The van der Waals surface area contributed by atoms with Crippen LogP contribution < -0.4 is 0 Å². The van der Waals surface area contributed by atoms with Crippen LogP contribution in [0.1, 0.15) is 157 Å². The van der Waals surface area contributed by atoms with Gasteiger partial charge in [-0.2, -0.15) is 0 Å². The number of hydrogen-bond acceptors (Lipinski definition) is 4. The molecular weight excluding hydrogens is 672 g/mol. The molecule has 0 fully saturated rings. The quantitative estimate of drug-likeness (QED) is 0.101. The second kappa shape index (κ2) is 20.0. The number of thiophene rings is 2. The summed E-state index contributed by atoms with van der Waals surface area (Å²) in [5, 5.41) is 0. The number of amides is 2. The average molecular weight is 730 g/mol. The molecule has 0 saturated heterocycles. The van der Waals surface area contributed by atoms with Gasteiger partial charge in [-0.15, -0.1) is 22.7 Å². The molecule has 2 aromatic rings. The van der Waals surface area contributed by atoms with E-state index in [9.17, 15) is 9.59 Å². The van der Waals surface area contributed by atoms with Gasteiger partial charge in [-0.25, -0.2) is 0 Å². The Kier molecular flexibility index (Phi) is 16.1. The Bertz CT molecular complexity index is 1220. The molecule has 7 heteroatoms. The summed E-state index contributed by atoms with van der Waals surface area (Å²) in [6.45, 7) is 7.96. The molecule has 2 aliphatic heterocycles. The van der Waals surface area contributed by atoms with E-state index >= 15 is 0 Å². The SMILES string of the molecule is CCCCCCCCCCCCN1C(=O)C2=C(c3ccc(Br)s3)N(CCCCCCCCCCCC)C(=O)C2=C1c1ccc(C)s1. The monoisotopic (exact) mass is 728 g/mol. The lowest BCUT2D eigenvalue weighted by Gasteiger charge is -2.24. The lowest BCUT2D eigenvalue weighted by molar-refractivity contribution is -0.124. The Morgan fingerprint density at radius 3 is 1.24 bits per heavy atom. The molecule has 2 amide bonds. The van der Waals surface area contributed by atoms with Crippen molar-refractivity contribution in [3.63, 3.8) is 0 Å². The lowest BCUT2D eigenvalue weighted by Crippen LogP contribution is -2.30. The maximum absolute atomic E-state index is 14.3. The number of hydrogen-bond donors (Lipinski definition) is 0. The highest BCUT2D eigenvalue weighted by Crippen LogP contribution is 2.49. The van der Waals surface area contributed by atoms with Crippen molar-refractivity contribution in [1.82, 2.24) is 9.80 Å². The largest absolute Gasteiger partial charge is 0.306 e. The van der Waals surface area contributed by atoms with Gasteiger partial charge in [0.15, 0.2) is 0 Å². The molecule has 0 N–H and O–H groups in total. The molecule has 0 aliphatic carbocycles. The van der Waals surface area contributed by atoms with Crippen LogP contribution in [0.15, 0.2) is 39.2 Å². The zero-order valence-electron chi connectivity index (χ0n) is 28.8. The molecule has 4 heterocycles. The average Bonchev–Trinajstić information content (AvgIpc) is 3.80. The molecule has 4 nitrogen and oxygen atoms in total. The van der Waals surface area contributed by atoms with Crippen LogP contribution >= 0.6 is 38.6 Å². The fourth-order valence-electron chi connectivity index (χ4n) is 6.85. The van der Waals surface area contributed by atoms with E-state index < -0.39 is 0 Å². The summed E-state index contributed by atoms with van der Waals surface area (Å²) >= 11 is 6.93. The number of nitrogens with zero attached hydrogens (tertiary/aromatic N) is 2. The van der Waals surface area contributed by atoms with E-state index in [0.717, 1.165) is 50.6 Å². The molecule has 0 atom stereocenters. The Hall–Kier alpha value is -1.70. The van der Waals surface area contributed by atoms with Crippen LogP contribution in [0.5, 0.6) is 0 Å². The number of fused-ring (bicyclic) bond motifs is 1. The summed E-state index contributed by atoms with van der Waals surface area (Å²) in [5.41, 5.74) is 2.93. The minimum Gasteiger partial charge on any atom is -0.306 e. The van der Waals surface area contributed by atoms with Gasteiger partial charge in [-0.3, -0.25) is 9.59 Å². The Labute approximate surface area is 295 Å². The Morgan fingerprint density at radius 2 is 0.891 bits per heavy atom. The third-order valence-electron chi connectivity index (χ3n) is 9.43. The van der Waals surface area contributed by atoms with Crippen LogP contribution in [0.3, 0.4) is 0 Å². The number of carbonyl (C=O) groups excluding carboxylic acids is 2. The Balaban J connectivity index is 1.44. The second-order valence-electron chi connectivity index (χ2n) is 13.2. The van der Waals surface area contributed by atoms with Gasteiger partial charge >= 0.3 is 0 Å². The predicted molar refractivity (Wildman–Crippen MR) is 202 cm³/mol. The summed E-state index contributed by atoms with van der Waals surface area (Å²) in [6, 6.07) is 8.30. The molecule has 4 rings (SSSR count). The zero-order valence-corrected chi connectivity index (χ0v) is 32.0. The minimum absolute atomic E-state index is 0.00502. The van der Waals surface area contributed by atoms with E-state index in [1.807, 2.05) is 15.9 Å². The predicted octanol–water partition coefficient (Wildman–Crippen LogP) is 12.5. The van der Waals surface area contributed by atoms with E-state index in [4.69, 9.17) is 0 Å². The van der Waals surface area contributed by atoms with E-state index in [-0.39, 0.29) is 11.8 Å². The van der Waals surface area contributed by atoms with Gasteiger partial charge in [0.1, 0.15) is 0 Å². The number of halogens is 1. The topological polar surface area (TPSA) is 40.6 Å². The van der Waals surface area contributed by atoms with Crippen LogP contribution in [-0.4, -0.2) is 34.7 Å². The fraction of sp³-hybridized carbons (Fsp3) is 0.641. The van der Waals surface area contributed by atoms with Crippen LogP contribution in [0, 0.1) is 6.92 Å². The van der Waals surface area contributed by atoms with Gasteiger partial charge in [-0.05, 0) is 60.0 Å². The van der Waals surface area contributed by atoms with Gasteiger partial charge in [0.25, 0.3) is 11.8 Å². The molecule has 2 aromatic heterocycles. The first kappa shape index (κ1) is 37.1. The standard InChI is InChI=1S/C39H57BrN2O2S2/c1-4-6-8-10-12-14-16-18-20-22-28-41-36(31-25-24-30(3)45-31)34-35(39(41)44)37(32-26-27-33(40)46-32)42(38(34)43)29-23-21-19-17-15-13-11-9-7-5-2/h24-27H,4-23,28-29H2,1-3H3. The van der Waals surface area contributed by atoms with Crippen molar-refractivity contribution >= 4 is 61.8 Å². The fourth-order valence-corrected chi connectivity index (χ4v) is 9.23. The van der Waals surface area contributed by atoms with Gasteiger partial charge in [0, 0.05) is 18.0 Å². The van der Waals surface area contributed by atoms with Crippen molar-refractivity contribution in [3.05, 3.63) is 53.8 Å². The highest BCUT2D eigenvalue weighted by Gasteiger charge is 2.49. The lowest BCUT2D eigenvalue weighted by atomic mass is 10.1. The van der Waals surface area contributed by atoms with Crippen molar-refractivity contribution in [2.45, 2.75) is 149 Å². The van der Waals surface area contributed by atoms with Crippen molar-refractivity contribution in [3.8, 4) is 0 Å². The maximum atomic E-state index is 14.3. The Morgan fingerprint density at radius 1 is 0.522 bits per heavy atom. The highest BCUT2D eigenvalue weighted by molar-refractivity contribution is 9.11. The molecular formula is C39H57BrN2O2S2. The first-order valence-corrected chi connectivity index (χ1v) is 20.9. The maximum Gasteiger partial charge on any atom is 0.261 e. The smallest absolute Gasteiger partial charge is 0.261 e. The first-order chi connectivity index (χ1) is 22.5. The second-order valence-corrected chi connectivity index (χ2v) is 17.0. The third-order valence-corrected chi connectivity index (χ3v) is 12.1. The molecule has 254 valence electrons. The van der Waals surface area contributed by atoms with E-state index in [1.165, 1.54) is 108 Å². The van der Waals surface area contributed by atoms with Crippen molar-refractivity contribution in [2.24, 2.45) is 0 Å². The number of rotatable bonds is 24. The van der Waals surface area contributed by atoms with Crippen LogP contribution in [-0.2, 0) is 9.59 Å². The molecule has 0 radical (unpaired) electrons. The van der Waals surface area contributed by atoms with E-state index in [0.29, 0.717) is 24.2 Å². The minimum atomic E-state index is 0.00502. The molecule has 46 heavy (non-hydrogen) atoms. The summed E-state index contributed by atoms with van der Waals surface area (Å²) in [4.78, 5) is 35.8. The van der Waals surface area contributed by atoms with Crippen LogP contribution in [0.4, 0.5) is 0 Å². The van der Waals surface area contributed by atoms with Crippen molar-refractivity contribution < 1.29 is 9.59 Å². The molecule has 0 saturated carbocycles. The molecule has 0 bridgehead atoms.